The molecule has 1 aromatic heterocycles. The van der Waals surface area contributed by atoms with Crippen LogP contribution in [-0.2, 0) is 18.9 Å². The van der Waals surface area contributed by atoms with Crippen molar-refractivity contribution >= 4 is 36.4 Å². The Morgan fingerprint density at radius 3 is 2.40 bits per heavy atom. The fourth-order valence-corrected chi connectivity index (χ4v) is 8.47. The summed E-state index contributed by atoms with van der Waals surface area (Å²) in [5.41, 5.74) is 1.31. The molecule has 0 spiro atoms. The van der Waals surface area contributed by atoms with E-state index in [0.29, 0.717) is 28.1 Å². The summed E-state index contributed by atoms with van der Waals surface area (Å²) >= 11 is 0. The first-order valence-electron chi connectivity index (χ1n) is 17.6. The minimum absolute atomic E-state index is 0.0115. The summed E-state index contributed by atoms with van der Waals surface area (Å²) in [6, 6.07) is 14.5. The lowest BCUT2D eigenvalue weighted by molar-refractivity contribution is -0.142. The molecule has 4 N–H and O–H groups in total. The lowest BCUT2D eigenvalue weighted by Gasteiger charge is -2.35. The van der Waals surface area contributed by atoms with Crippen LogP contribution in [0.4, 0.5) is 4.79 Å². The first-order chi connectivity index (χ1) is 24.6. The molecule has 52 heavy (non-hydrogen) atoms. The van der Waals surface area contributed by atoms with E-state index in [1.54, 1.807) is 40.0 Å². The Morgan fingerprint density at radius 2 is 1.79 bits per heavy atom. The van der Waals surface area contributed by atoms with E-state index in [0.717, 1.165) is 31.2 Å². The van der Waals surface area contributed by atoms with Crippen molar-refractivity contribution in [3.63, 3.8) is 0 Å². The molecule has 5 atom stereocenters. The Balaban J connectivity index is 1.33. The molecule has 2 heterocycles. The molecule has 3 aliphatic rings. The van der Waals surface area contributed by atoms with E-state index in [1.165, 1.54) is 11.0 Å². The van der Waals surface area contributed by atoms with Crippen molar-refractivity contribution < 1.29 is 42.9 Å². The molecule has 0 radical (unpaired) electrons. The van der Waals surface area contributed by atoms with Gasteiger partial charge in [-0.25, -0.2) is 9.78 Å². The molecule has 6 rings (SSSR count). The van der Waals surface area contributed by atoms with Crippen molar-refractivity contribution in [1.82, 2.24) is 20.5 Å². The highest BCUT2D eigenvalue weighted by atomic mass is 31.2. The molecule has 1 unspecified atom stereocenters. The number of alkyl carbamates (subject to hydrolysis) is 1. The van der Waals surface area contributed by atoms with Gasteiger partial charge in [-0.05, 0) is 49.7 Å². The quantitative estimate of drug-likeness (QED) is 0.145. The van der Waals surface area contributed by atoms with Crippen molar-refractivity contribution in [2.75, 3.05) is 13.7 Å². The molecule has 14 heteroatoms. The average Bonchev–Trinajstić information content (AvgIpc) is 3.37. The molecule has 3 fully saturated rings. The maximum Gasteiger partial charge on any atom is 0.408 e. The van der Waals surface area contributed by atoms with Crippen molar-refractivity contribution in [3.8, 4) is 22.8 Å². The summed E-state index contributed by atoms with van der Waals surface area (Å²) in [7, 11) is -3.25. The standard InChI is InChI=1S/C38H47N4O9P/c1-6-24-21-38(24,52(46,47)48)41-34(43)31-19-27(22-42(31)35(44)33(37(2,3)4)40-36(45)51-25-14-10-11-15-25)50-32-20-29(23-12-8-7-9-13-23)39-30-18-26(49-5)16-17-28(30)32/h6-9,12-13,16-18,20,24-25,27,31,33H,1,10-11,14-15,19,21-22H2,2-5H3,(H,40,45)(H,41,43)(H2,46,47,48)/t24-,27-,31?,33-,38+/m1/s1. The van der Waals surface area contributed by atoms with Crippen molar-refractivity contribution in [3.05, 3.63) is 67.3 Å². The third kappa shape index (κ3) is 7.67. The number of hydrogen-bond acceptors (Lipinski definition) is 8. The van der Waals surface area contributed by atoms with Crippen LogP contribution >= 0.6 is 7.60 Å². The van der Waals surface area contributed by atoms with Crippen LogP contribution in [0.15, 0.2) is 67.3 Å². The number of carbonyl (C=O) groups is 3. The number of amides is 3. The molecule has 2 aliphatic carbocycles. The number of carbonyl (C=O) groups excluding carboxylic acids is 3. The monoisotopic (exact) mass is 734 g/mol. The highest BCUT2D eigenvalue weighted by Gasteiger charge is 2.66. The summed E-state index contributed by atoms with van der Waals surface area (Å²) in [6.45, 7) is 9.03. The predicted molar refractivity (Wildman–Crippen MR) is 195 cm³/mol. The second-order valence-corrected chi connectivity index (χ2v) is 16.9. The maximum absolute atomic E-state index is 14.5. The van der Waals surface area contributed by atoms with Crippen LogP contribution in [0.3, 0.4) is 0 Å². The number of benzene rings is 2. The Kier molecular flexibility index (Phi) is 10.4. The van der Waals surface area contributed by atoms with Crippen LogP contribution in [0, 0.1) is 11.3 Å². The smallest absolute Gasteiger partial charge is 0.408 e. The zero-order valence-electron chi connectivity index (χ0n) is 29.9. The molecule has 3 aromatic rings. The van der Waals surface area contributed by atoms with Gasteiger partial charge in [0.2, 0.25) is 11.8 Å². The summed E-state index contributed by atoms with van der Waals surface area (Å²) in [4.78, 5) is 68.4. The van der Waals surface area contributed by atoms with Gasteiger partial charge >= 0.3 is 13.7 Å². The zero-order valence-corrected chi connectivity index (χ0v) is 30.8. The number of rotatable bonds is 11. The van der Waals surface area contributed by atoms with Crippen molar-refractivity contribution in [2.24, 2.45) is 11.3 Å². The van der Waals surface area contributed by atoms with Gasteiger partial charge in [-0.1, -0.05) is 57.2 Å². The number of pyridine rings is 1. The fourth-order valence-electron chi connectivity index (χ4n) is 7.24. The van der Waals surface area contributed by atoms with E-state index in [-0.39, 0.29) is 25.5 Å². The molecule has 0 bridgehead atoms. The number of hydrogen-bond donors (Lipinski definition) is 4. The molecule has 2 aromatic carbocycles. The third-order valence-corrected chi connectivity index (χ3v) is 11.9. The third-order valence-electron chi connectivity index (χ3n) is 10.3. The molecule has 3 amide bonds. The Bertz CT molecular complexity index is 1890. The number of nitrogens with zero attached hydrogens (tertiary/aromatic N) is 2. The van der Waals surface area contributed by atoms with Crippen LogP contribution in [0.5, 0.6) is 11.5 Å². The summed E-state index contributed by atoms with van der Waals surface area (Å²) in [5, 5.41) is 4.24. The predicted octanol–water partition coefficient (Wildman–Crippen LogP) is 5.54. The molecule has 1 aliphatic heterocycles. The van der Waals surface area contributed by atoms with Crippen LogP contribution in [0.25, 0.3) is 22.2 Å². The second kappa shape index (κ2) is 14.5. The molecule has 13 nitrogen and oxygen atoms in total. The molecular formula is C38H47N4O9P. The summed E-state index contributed by atoms with van der Waals surface area (Å²) in [6.07, 6.45) is 3.20. The summed E-state index contributed by atoms with van der Waals surface area (Å²) < 4.78 is 30.3. The Labute approximate surface area is 303 Å². The van der Waals surface area contributed by atoms with E-state index in [9.17, 15) is 28.7 Å². The van der Waals surface area contributed by atoms with Gasteiger partial charge in [0.25, 0.3) is 0 Å². The highest BCUT2D eigenvalue weighted by Crippen LogP contribution is 2.67. The van der Waals surface area contributed by atoms with Crippen LogP contribution in [0.1, 0.15) is 59.3 Å². The molecular weight excluding hydrogens is 687 g/mol. The van der Waals surface area contributed by atoms with Crippen molar-refractivity contribution in [2.45, 2.75) is 88.9 Å². The van der Waals surface area contributed by atoms with Gasteiger partial charge in [-0.2, -0.15) is 0 Å². The largest absolute Gasteiger partial charge is 0.497 e. The highest BCUT2D eigenvalue weighted by molar-refractivity contribution is 7.54. The fraction of sp³-hybridized carbons (Fsp3) is 0.474. The Hall–Kier alpha value is -4.45. The van der Waals surface area contributed by atoms with Gasteiger partial charge in [0.15, 0.2) is 0 Å². The lowest BCUT2D eigenvalue weighted by atomic mass is 9.85. The first kappa shape index (κ1) is 37.3. The molecule has 1 saturated heterocycles. The van der Waals surface area contributed by atoms with Crippen LogP contribution in [0.2, 0.25) is 0 Å². The van der Waals surface area contributed by atoms with Crippen LogP contribution < -0.4 is 20.1 Å². The number of nitrogens with one attached hydrogen (secondary N) is 2. The lowest BCUT2D eigenvalue weighted by Crippen LogP contribution is -2.58. The van der Waals surface area contributed by atoms with Crippen LogP contribution in [-0.4, -0.2) is 80.8 Å². The summed E-state index contributed by atoms with van der Waals surface area (Å²) in [5.74, 6) is -0.841. The van der Waals surface area contributed by atoms with Gasteiger partial charge in [0.1, 0.15) is 41.1 Å². The number of fused-ring (bicyclic) bond motifs is 1. The SMILES string of the molecule is C=C[C@@H]1C[C@]1(NC(=O)C1C[C@@H](Oc2cc(-c3ccccc3)nc3cc(OC)ccc23)CN1C(=O)[C@@H](NC(=O)OC1CCCC1)C(C)(C)C)P(=O)(O)O. The van der Waals surface area contributed by atoms with E-state index in [4.69, 9.17) is 19.2 Å². The van der Waals surface area contributed by atoms with E-state index in [2.05, 4.69) is 17.2 Å². The van der Waals surface area contributed by atoms with Gasteiger partial charge in [-0.15, -0.1) is 6.58 Å². The van der Waals surface area contributed by atoms with Gasteiger partial charge in [0.05, 0.1) is 24.9 Å². The number of aromatic nitrogens is 1. The minimum Gasteiger partial charge on any atom is -0.497 e. The molecule has 278 valence electrons. The van der Waals surface area contributed by atoms with Crippen molar-refractivity contribution in [1.29, 1.82) is 0 Å². The van der Waals surface area contributed by atoms with E-state index < -0.39 is 60.3 Å². The molecule has 2 saturated carbocycles. The zero-order chi connectivity index (χ0) is 37.4. The van der Waals surface area contributed by atoms with Gasteiger partial charge < -0.3 is 39.5 Å². The normalized spacial score (nSPS) is 23.9. The average molecular weight is 735 g/mol. The van der Waals surface area contributed by atoms with Gasteiger partial charge in [0, 0.05) is 35.4 Å². The van der Waals surface area contributed by atoms with E-state index in [1.807, 2.05) is 42.5 Å². The maximum atomic E-state index is 14.5. The Morgan fingerprint density at radius 1 is 1.08 bits per heavy atom. The number of likely N-dealkylation sites (tertiary alicyclic amines) is 1. The second-order valence-electron chi connectivity index (χ2n) is 15.0. The number of ether oxygens (including phenoxy) is 3. The number of methoxy groups -OCH3 is 1. The van der Waals surface area contributed by atoms with E-state index >= 15 is 0 Å². The minimum atomic E-state index is -4.81. The first-order valence-corrected chi connectivity index (χ1v) is 19.2. The topological polar surface area (TPSA) is 177 Å². The van der Waals surface area contributed by atoms with Gasteiger partial charge in [-0.3, -0.25) is 14.2 Å².